The first kappa shape index (κ1) is 44.5. The lowest BCUT2D eigenvalue weighted by Gasteiger charge is -2.43. The van der Waals surface area contributed by atoms with Gasteiger partial charge in [-0.15, -0.1) is 0 Å². The van der Waals surface area contributed by atoms with Crippen LogP contribution >= 0.6 is 0 Å². The molecule has 56 heavy (non-hydrogen) atoms. The van der Waals surface area contributed by atoms with E-state index in [0.717, 1.165) is 16.9 Å². The fourth-order valence-corrected chi connectivity index (χ4v) is 11.4. The van der Waals surface area contributed by atoms with E-state index in [2.05, 4.69) is 86.8 Å². The van der Waals surface area contributed by atoms with Gasteiger partial charge in [-0.3, -0.25) is 9.59 Å². The SMILES string of the molecule is COC(=O)CC1Cc2ccc(O[Si](c3ccccc3)(c3ccccc3)C(C)(C)C)cc2CN(CCCOCCOCCOCCCNC(=O)OC(C)(C)C)C1=O. The summed E-state index contributed by atoms with van der Waals surface area (Å²) in [6.07, 6.45) is 1.34. The highest BCUT2D eigenvalue weighted by Crippen LogP contribution is 2.38. The molecule has 0 radical (unpaired) electrons. The summed E-state index contributed by atoms with van der Waals surface area (Å²) < 4.78 is 34.5. The third-order valence-corrected chi connectivity index (χ3v) is 14.5. The third-order valence-electron chi connectivity index (χ3n) is 9.59. The van der Waals surface area contributed by atoms with Crippen LogP contribution in [0.3, 0.4) is 0 Å². The molecule has 1 atom stereocenters. The number of nitrogens with one attached hydrogen (secondary N) is 1. The van der Waals surface area contributed by atoms with Gasteiger partial charge in [0.05, 0.1) is 45.9 Å². The summed E-state index contributed by atoms with van der Waals surface area (Å²) in [6, 6.07) is 27.2. The van der Waals surface area contributed by atoms with E-state index in [1.54, 1.807) is 0 Å². The van der Waals surface area contributed by atoms with Crippen molar-refractivity contribution in [3.63, 3.8) is 0 Å². The van der Waals surface area contributed by atoms with Crippen molar-refractivity contribution in [2.24, 2.45) is 5.92 Å². The lowest BCUT2D eigenvalue weighted by atomic mass is 9.94. The van der Waals surface area contributed by atoms with Gasteiger partial charge < -0.3 is 38.3 Å². The van der Waals surface area contributed by atoms with Crippen molar-refractivity contribution in [2.45, 2.75) is 84.4 Å². The predicted octanol–water partition coefficient (Wildman–Crippen LogP) is 6.04. The predicted molar refractivity (Wildman–Crippen MR) is 220 cm³/mol. The van der Waals surface area contributed by atoms with E-state index in [0.29, 0.717) is 78.5 Å². The molecule has 0 bridgehead atoms. The van der Waals surface area contributed by atoms with Gasteiger partial charge in [-0.05, 0) is 78.7 Å². The van der Waals surface area contributed by atoms with E-state index in [1.807, 2.05) is 43.9 Å². The van der Waals surface area contributed by atoms with Crippen LogP contribution in [0.1, 0.15) is 71.9 Å². The Morgan fingerprint density at radius 3 is 1.89 bits per heavy atom. The number of hydrogen-bond donors (Lipinski definition) is 1. The number of carbonyl (C=O) groups is 3. The van der Waals surface area contributed by atoms with Crippen LogP contribution in [0.4, 0.5) is 4.79 Å². The van der Waals surface area contributed by atoms with E-state index < -0.39 is 31.9 Å². The molecule has 306 valence electrons. The van der Waals surface area contributed by atoms with Crippen LogP contribution in [0.15, 0.2) is 78.9 Å². The van der Waals surface area contributed by atoms with Gasteiger partial charge in [0.15, 0.2) is 0 Å². The first-order valence-electron chi connectivity index (χ1n) is 19.7. The molecule has 1 aliphatic heterocycles. The van der Waals surface area contributed by atoms with Crippen LogP contribution in [-0.4, -0.2) is 96.6 Å². The minimum Gasteiger partial charge on any atom is -0.534 e. The van der Waals surface area contributed by atoms with Gasteiger partial charge in [-0.1, -0.05) is 87.5 Å². The molecule has 0 fully saturated rings. The van der Waals surface area contributed by atoms with Gasteiger partial charge in [-0.2, -0.15) is 0 Å². The molecule has 0 aromatic heterocycles. The first-order chi connectivity index (χ1) is 26.7. The quantitative estimate of drug-likeness (QED) is 0.0830. The van der Waals surface area contributed by atoms with Crippen molar-refractivity contribution in [3.05, 3.63) is 90.0 Å². The van der Waals surface area contributed by atoms with Gasteiger partial charge in [0, 0.05) is 32.8 Å². The molecule has 3 aromatic carbocycles. The maximum absolute atomic E-state index is 13.9. The molecule has 0 spiro atoms. The number of methoxy groups -OCH3 is 1. The highest BCUT2D eigenvalue weighted by molar-refractivity contribution is 7.00. The maximum Gasteiger partial charge on any atom is 0.407 e. The van der Waals surface area contributed by atoms with Crippen LogP contribution in [0.25, 0.3) is 0 Å². The van der Waals surface area contributed by atoms with Crippen molar-refractivity contribution < 1.29 is 42.5 Å². The van der Waals surface area contributed by atoms with E-state index in [4.69, 9.17) is 28.1 Å². The first-order valence-corrected chi connectivity index (χ1v) is 21.6. The fourth-order valence-electron chi connectivity index (χ4n) is 6.94. The topological polar surface area (TPSA) is 122 Å². The Kier molecular flexibility index (Phi) is 16.9. The average Bonchev–Trinajstić information content (AvgIpc) is 3.28. The summed E-state index contributed by atoms with van der Waals surface area (Å²) in [5.74, 6) is -0.224. The summed E-state index contributed by atoms with van der Waals surface area (Å²) in [6.45, 7) is 16.3. The lowest BCUT2D eigenvalue weighted by Crippen LogP contribution is -2.68. The minimum absolute atomic E-state index is 0.0200. The van der Waals surface area contributed by atoms with Gasteiger partial charge in [0.25, 0.3) is 0 Å². The molecule has 1 heterocycles. The molecule has 2 amide bonds. The van der Waals surface area contributed by atoms with Crippen LogP contribution in [0.5, 0.6) is 5.75 Å². The molecule has 1 unspecified atom stereocenters. The normalized spacial score (nSPS) is 14.8. The molecule has 4 rings (SSSR count). The third kappa shape index (κ3) is 13.2. The highest BCUT2D eigenvalue weighted by atomic mass is 28.4. The summed E-state index contributed by atoms with van der Waals surface area (Å²) >= 11 is 0. The molecule has 0 saturated carbocycles. The van der Waals surface area contributed by atoms with Gasteiger partial charge in [-0.25, -0.2) is 4.79 Å². The standard InChI is InChI=1S/C44H62N2O9Si/c1-43(2,3)54-42(49)45-22-14-24-51-26-28-53-29-27-52-25-15-23-46-33-36-31-37(21-20-34(36)30-35(41(46)48)32-40(47)50-7)55-56(44(4,5)6,38-16-10-8-11-17-38)39-18-12-9-13-19-39/h8-13,16-21,31,35H,14-15,22-30,32-33H2,1-7H3,(H,45,49). The molecular weight excluding hydrogens is 729 g/mol. The van der Waals surface area contributed by atoms with Gasteiger partial charge >= 0.3 is 20.4 Å². The number of benzene rings is 3. The molecular formula is C44H62N2O9Si. The fraction of sp³-hybridized carbons (Fsp3) is 0.523. The van der Waals surface area contributed by atoms with Gasteiger partial charge in [0.1, 0.15) is 11.4 Å². The largest absolute Gasteiger partial charge is 0.534 e. The number of esters is 1. The maximum atomic E-state index is 13.9. The Balaban J connectivity index is 1.33. The van der Waals surface area contributed by atoms with Crippen molar-refractivity contribution in [1.29, 1.82) is 0 Å². The van der Waals surface area contributed by atoms with Crippen LogP contribution in [0, 0.1) is 5.92 Å². The van der Waals surface area contributed by atoms with E-state index >= 15 is 0 Å². The zero-order chi connectivity index (χ0) is 40.6. The number of rotatable bonds is 20. The Bertz CT molecular complexity index is 1640. The number of hydrogen-bond acceptors (Lipinski definition) is 9. The number of ether oxygens (including phenoxy) is 5. The Morgan fingerprint density at radius 1 is 0.768 bits per heavy atom. The lowest BCUT2D eigenvalue weighted by molar-refractivity contribution is -0.147. The molecule has 11 nitrogen and oxygen atoms in total. The second kappa shape index (κ2) is 21.3. The van der Waals surface area contributed by atoms with Crippen molar-refractivity contribution in [2.75, 3.05) is 59.8 Å². The zero-order valence-corrected chi connectivity index (χ0v) is 35.4. The molecule has 3 aromatic rings. The number of nitrogens with zero attached hydrogens (tertiary/aromatic N) is 1. The Labute approximate surface area is 334 Å². The number of fused-ring (bicyclic) bond motifs is 1. The second-order valence-corrected chi connectivity index (χ2v) is 20.3. The second-order valence-electron chi connectivity index (χ2n) is 16.1. The Morgan fingerprint density at radius 2 is 1.34 bits per heavy atom. The van der Waals surface area contributed by atoms with E-state index in [1.165, 1.54) is 17.5 Å². The van der Waals surface area contributed by atoms with Crippen LogP contribution in [0.2, 0.25) is 5.04 Å². The molecule has 1 N–H and O–H groups in total. The van der Waals surface area contributed by atoms with E-state index in [9.17, 15) is 14.4 Å². The average molecular weight is 791 g/mol. The molecule has 12 heteroatoms. The monoisotopic (exact) mass is 790 g/mol. The number of amides is 2. The van der Waals surface area contributed by atoms with Crippen molar-refractivity contribution in [3.8, 4) is 5.75 Å². The van der Waals surface area contributed by atoms with Crippen molar-refractivity contribution in [1.82, 2.24) is 10.2 Å². The van der Waals surface area contributed by atoms with Crippen LogP contribution in [-0.2, 0) is 46.2 Å². The number of carbonyl (C=O) groups excluding carboxylic acids is 3. The van der Waals surface area contributed by atoms with Gasteiger partial charge in [0.2, 0.25) is 5.91 Å². The van der Waals surface area contributed by atoms with E-state index in [-0.39, 0.29) is 17.4 Å². The zero-order valence-electron chi connectivity index (χ0n) is 34.4. The minimum atomic E-state index is -2.87. The molecule has 0 saturated heterocycles. The molecule has 0 aliphatic carbocycles. The van der Waals surface area contributed by atoms with Crippen molar-refractivity contribution >= 4 is 36.7 Å². The Hall–Kier alpha value is -4.23. The summed E-state index contributed by atoms with van der Waals surface area (Å²) in [7, 11) is -1.52. The summed E-state index contributed by atoms with van der Waals surface area (Å²) in [5, 5.41) is 4.87. The number of alkyl carbamates (subject to hydrolysis) is 1. The smallest absolute Gasteiger partial charge is 0.407 e. The summed E-state index contributed by atoms with van der Waals surface area (Å²) in [5.41, 5.74) is 1.52. The van der Waals surface area contributed by atoms with Crippen LogP contribution < -0.4 is 20.1 Å². The summed E-state index contributed by atoms with van der Waals surface area (Å²) in [4.78, 5) is 39.8. The molecule has 1 aliphatic rings. The highest BCUT2D eigenvalue weighted by Gasteiger charge is 2.52.